The van der Waals surface area contributed by atoms with Crippen molar-refractivity contribution in [3.05, 3.63) is 95.0 Å². The van der Waals surface area contributed by atoms with Crippen LogP contribution in [0.15, 0.2) is 78.9 Å². The summed E-state index contributed by atoms with van der Waals surface area (Å²) in [6, 6.07) is 22.5. The van der Waals surface area contributed by atoms with Crippen LogP contribution >= 0.6 is 11.6 Å². The molecule has 0 radical (unpaired) electrons. The first-order valence-electron chi connectivity index (χ1n) is 14.7. The van der Waals surface area contributed by atoms with Crippen molar-refractivity contribution in [3.8, 4) is 5.75 Å². The maximum absolute atomic E-state index is 14.3. The lowest BCUT2D eigenvalue weighted by Gasteiger charge is -2.35. The van der Waals surface area contributed by atoms with Crippen LogP contribution in [0.25, 0.3) is 0 Å². The summed E-state index contributed by atoms with van der Waals surface area (Å²) in [6.07, 6.45) is 6.30. The van der Waals surface area contributed by atoms with Crippen LogP contribution in [0.1, 0.15) is 50.2 Å². The average molecular weight is 626 g/mol. The number of sulfonamides is 1. The molecule has 1 N–H and O–H groups in total. The van der Waals surface area contributed by atoms with Gasteiger partial charge in [-0.3, -0.25) is 13.9 Å². The fourth-order valence-corrected chi connectivity index (χ4v) is 6.49. The SMILES string of the molecule is CCOc1ccccc1N(CC(=O)N(Cc1ccccc1Cl)[C@@H](Cc1ccccc1)C(=O)NC1CCCCC1)S(C)(=O)=O. The van der Waals surface area contributed by atoms with Crippen molar-refractivity contribution in [2.24, 2.45) is 0 Å². The summed E-state index contributed by atoms with van der Waals surface area (Å²) >= 11 is 6.54. The van der Waals surface area contributed by atoms with Gasteiger partial charge in [0.25, 0.3) is 0 Å². The first kappa shape index (κ1) is 32.4. The number of hydrogen-bond donors (Lipinski definition) is 1. The van der Waals surface area contributed by atoms with E-state index in [9.17, 15) is 18.0 Å². The van der Waals surface area contributed by atoms with Gasteiger partial charge in [0, 0.05) is 24.0 Å². The van der Waals surface area contributed by atoms with Crippen molar-refractivity contribution < 1.29 is 22.7 Å². The average Bonchev–Trinajstić information content (AvgIpc) is 2.99. The number of para-hydroxylation sites is 2. The van der Waals surface area contributed by atoms with Gasteiger partial charge in [0.1, 0.15) is 18.3 Å². The smallest absolute Gasteiger partial charge is 0.244 e. The predicted octanol–water partition coefficient (Wildman–Crippen LogP) is 5.59. The zero-order chi connectivity index (χ0) is 30.8. The Labute approximate surface area is 260 Å². The largest absolute Gasteiger partial charge is 0.492 e. The number of rotatable bonds is 13. The van der Waals surface area contributed by atoms with Gasteiger partial charge in [-0.05, 0) is 49.1 Å². The Morgan fingerprint density at radius 2 is 1.60 bits per heavy atom. The Morgan fingerprint density at radius 1 is 0.953 bits per heavy atom. The molecule has 0 saturated heterocycles. The van der Waals surface area contributed by atoms with E-state index < -0.39 is 28.5 Å². The van der Waals surface area contributed by atoms with Gasteiger partial charge >= 0.3 is 0 Å². The number of halogens is 1. The van der Waals surface area contributed by atoms with Crippen molar-refractivity contribution in [1.29, 1.82) is 0 Å². The highest BCUT2D eigenvalue weighted by atomic mass is 35.5. The molecule has 1 fully saturated rings. The summed E-state index contributed by atoms with van der Waals surface area (Å²) in [5.74, 6) is -0.454. The molecular weight excluding hydrogens is 586 g/mol. The van der Waals surface area contributed by atoms with E-state index in [0.29, 0.717) is 22.9 Å². The van der Waals surface area contributed by atoms with Crippen molar-refractivity contribution >= 4 is 39.1 Å². The number of nitrogens with zero attached hydrogens (tertiary/aromatic N) is 2. The number of amides is 2. The monoisotopic (exact) mass is 625 g/mol. The van der Waals surface area contributed by atoms with Crippen molar-refractivity contribution in [2.75, 3.05) is 23.7 Å². The Balaban J connectivity index is 1.75. The van der Waals surface area contributed by atoms with Gasteiger partial charge < -0.3 is 15.0 Å². The number of benzene rings is 3. The quantitative estimate of drug-likeness (QED) is 0.267. The first-order chi connectivity index (χ1) is 20.7. The van der Waals surface area contributed by atoms with Crippen LogP contribution < -0.4 is 14.4 Å². The zero-order valence-corrected chi connectivity index (χ0v) is 26.3. The molecule has 3 aromatic carbocycles. The number of anilines is 1. The molecule has 2 amide bonds. The molecule has 1 aliphatic rings. The van der Waals surface area contributed by atoms with Gasteiger partial charge in [-0.25, -0.2) is 8.42 Å². The molecule has 1 aliphatic carbocycles. The number of hydrogen-bond acceptors (Lipinski definition) is 5. The molecule has 230 valence electrons. The highest BCUT2D eigenvalue weighted by molar-refractivity contribution is 7.92. The van der Waals surface area contributed by atoms with Gasteiger partial charge in [0.15, 0.2) is 0 Å². The third-order valence-corrected chi connectivity index (χ3v) is 9.13. The fourth-order valence-electron chi connectivity index (χ4n) is 5.44. The summed E-state index contributed by atoms with van der Waals surface area (Å²) in [5, 5.41) is 3.65. The standard InChI is InChI=1S/C33H40ClN3O5S/c1-3-42-31-21-13-12-20-29(31)37(43(2,40)41)24-32(38)36(23-26-16-10-11-19-28(26)34)30(22-25-14-6-4-7-15-25)33(39)35-27-17-8-5-9-18-27/h4,6-7,10-16,19-21,27,30H,3,5,8-9,17-18,22-24H2,1-2H3,(H,35,39)/t30-/m0/s1. The van der Waals surface area contributed by atoms with Crippen LogP contribution in [0.5, 0.6) is 5.75 Å². The molecule has 0 bridgehead atoms. The van der Waals surface area contributed by atoms with Crippen LogP contribution in [-0.2, 0) is 32.6 Å². The summed E-state index contributed by atoms with van der Waals surface area (Å²) in [7, 11) is -3.92. The molecule has 0 aliphatic heterocycles. The second-order valence-electron chi connectivity index (χ2n) is 10.8. The minimum atomic E-state index is -3.92. The Hall–Kier alpha value is -3.56. The fraction of sp³-hybridized carbons (Fsp3) is 0.394. The van der Waals surface area contributed by atoms with E-state index in [2.05, 4.69) is 5.32 Å². The lowest BCUT2D eigenvalue weighted by Crippen LogP contribution is -2.55. The van der Waals surface area contributed by atoms with Crippen LogP contribution in [0.2, 0.25) is 5.02 Å². The minimum Gasteiger partial charge on any atom is -0.492 e. The van der Waals surface area contributed by atoms with E-state index in [1.54, 1.807) is 49.4 Å². The highest BCUT2D eigenvalue weighted by Crippen LogP contribution is 2.30. The summed E-state index contributed by atoms with van der Waals surface area (Å²) in [6.45, 7) is 1.63. The molecule has 0 spiro atoms. The molecule has 1 atom stereocenters. The normalized spacial score (nSPS) is 14.5. The molecule has 43 heavy (non-hydrogen) atoms. The second-order valence-corrected chi connectivity index (χ2v) is 13.1. The maximum Gasteiger partial charge on any atom is 0.244 e. The summed E-state index contributed by atoms with van der Waals surface area (Å²) in [5.41, 5.74) is 1.79. The van der Waals surface area contributed by atoms with Gasteiger partial charge in [-0.1, -0.05) is 91.5 Å². The number of carbonyl (C=O) groups is 2. The van der Waals surface area contributed by atoms with E-state index >= 15 is 0 Å². The van der Waals surface area contributed by atoms with Crippen molar-refractivity contribution in [1.82, 2.24) is 10.2 Å². The number of carbonyl (C=O) groups excluding carboxylic acids is 2. The molecule has 1 saturated carbocycles. The minimum absolute atomic E-state index is 0.0266. The Kier molecular flexibility index (Phi) is 11.5. The van der Waals surface area contributed by atoms with Crippen molar-refractivity contribution in [3.63, 3.8) is 0 Å². The summed E-state index contributed by atoms with van der Waals surface area (Å²) in [4.78, 5) is 29.8. The molecule has 0 heterocycles. The van der Waals surface area contributed by atoms with Crippen LogP contribution in [0.4, 0.5) is 5.69 Å². The van der Waals surface area contributed by atoms with E-state index in [1.165, 1.54) is 4.90 Å². The molecule has 4 rings (SSSR count). The van der Waals surface area contributed by atoms with Gasteiger partial charge in [-0.15, -0.1) is 0 Å². The van der Waals surface area contributed by atoms with Gasteiger partial charge in [0.05, 0.1) is 18.6 Å². The Bertz CT molecular complexity index is 1480. The Morgan fingerprint density at radius 3 is 2.28 bits per heavy atom. The molecular formula is C33H40ClN3O5S. The van der Waals surface area contributed by atoms with Gasteiger partial charge in [-0.2, -0.15) is 0 Å². The van der Waals surface area contributed by atoms with Gasteiger partial charge in [0.2, 0.25) is 21.8 Å². The number of ether oxygens (including phenoxy) is 1. The molecule has 0 unspecified atom stereocenters. The van der Waals surface area contributed by atoms with E-state index in [-0.39, 0.29) is 30.6 Å². The van der Waals surface area contributed by atoms with E-state index in [0.717, 1.165) is 48.2 Å². The lowest BCUT2D eigenvalue weighted by molar-refractivity contribution is -0.140. The lowest BCUT2D eigenvalue weighted by atomic mass is 9.94. The van der Waals surface area contributed by atoms with Crippen LogP contribution in [-0.4, -0.2) is 56.6 Å². The van der Waals surface area contributed by atoms with E-state index in [1.807, 2.05) is 36.4 Å². The molecule has 0 aromatic heterocycles. The zero-order valence-electron chi connectivity index (χ0n) is 24.7. The molecule has 10 heteroatoms. The molecule has 3 aromatic rings. The van der Waals surface area contributed by atoms with Crippen LogP contribution in [0.3, 0.4) is 0 Å². The van der Waals surface area contributed by atoms with Crippen molar-refractivity contribution in [2.45, 2.75) is 64.1 Å². The summed E-state index contributed by atoms with van der Waals surface area (Å²) < 4.78 is 33.0. The third-order valence-electron chi connectivity index (χ3n) is 7.63. The molecule has 8 nitrogen and oxygen atoms in total. The first-order valence-corrected chi connectivity index (χ1v) is 17.0. The third kappa shape index (κ3) is 8.97. The number of nitrogens with one attached hydrogen (secondary N) is 1. The van der Waals surface area contributed by atoms with Crippen LogP contribution in [0, 0.1) is 0 Å². The predicted molar refractivity (Wildman–Crippen MR) is 171 cm³/mol. The topological polar surface area (TPSA) is 96.0 Å². The maximum atomic E-state index is 14.3. The second kappa shape index (κ2) is 15.3. The van der Waals surface area contributed by atoms with E-state index in [4.69, 9.17) is 16.3 Å². The highest BCUT2D eigenvalue weighted by Gasteiger charge is 2.35.